The maximum atomic E-state index is 13.9. The van der Waals surface area contributed by atoms with Gasteiger partial charge in [-0.2, -0.15) is 0 Å². The molecule has 44 heavy (non-hydrogen) atoms. The van der Waals surface area contributed by atoms with Gasteiger partial charge in [-0.05, 0) is 87.4 Å². The van der Waals surface area contributed by atoms with E-state index in [1.54, 1.807) is 6.07 Å². The molecule has 3 heterocycles. The number of hydrogen-bond donors (Lipinski definition) is 2. The van der Waals surface area contributed by atoms with Gasteiger partial charge in [0, 0.05) is 43.2 Å². The zero-order valence-electron chi connectivity index (χ0n) is 25.6. The molecular formula is C36H42Cl2N4O2. The Morgan fingerprint density at radius 3 is 2.39 bits per heavy atom. The Morgan fingerprint density at radius 1 is 0.955 bits per heavy atom. The summed E-state index contributed by atoms with van der Waals surface area (Å²) in [5.74, 6) is 0.696. The summed E-state index contributed by atoms with van der Waals surface area (Å²) in [7, 11) is 0. The van der Waals surface area contributed by atoms with E-state index in [4.69, 9.17) is 23.2 Å². The number of nitrogens with one attached hydrogen (secondary N) is 2. The van der Waals surface area contributed by atoms with Gasteiger partial charge in [0.2, 0.25) is 5.91 Å². The average molecular weight is 634 g/mol. The lowest BCUT2D eigenvalue weighted by Gasteiger charge is -2.53. The number of fused-ring (bicyclic) bond motifs is 3. The van der Waals surface area contributed by atoms with Crippen LogP contribution in [0.2, 0.25) is 10.0 Å². The highest BCUT2D eigenvalue weighted by Gasteiger charge is 2.47. The summed E-state index contributed by atoms with van der Waals surface area (Å²) in [5.41, 5.74) is 5.08. The van der Waals surface area contributed by atoms with E-state index < -0.39 is 0 Å². The maximum absolute atomic E-state index is 13.9. The number of amides is 2. The zero-order valence-corrected chi connectivity index (χ0v) is 27.1. The number of carbonyl (C=O) groups is 2. The van der Waals surface area contributed by atoms with Gasteiger partial charge in [-0.3, -0.25) is 9.59 Å². The van der Waals surface area contributed by atoms with E-state index >= 15 is 0 Å². The number of carbonyl (C=O) groups excluding carboxylic acids is 2. The van der Waals surface area contributed by atoms with Crippen molar-refractivity contribution in [1.29, 1.82) is 0 Å². The minimum Gasteiger partial charge on any atom is -0.334 e. The number of benzene rings is 3. The predicted molar refractivity (Wildman–Crippen MR) is 177 cm³/mol. The molecule has 0 aromatic heterocycles. The molecule has 3 aromatic carbocycles. The van der Waals surface area contributed by atoms with Crippen LogP contribution in [0.3, 0.4) is 0 Å². The van der Waals surface area contributed by atoms with Gasteiger partial charge in [0.25, 0.3) is 5.91 Å². The quantitative estimate of drug-likeness (QED) is 0.309. The van der Waals surface area contributed by atoms with Crippen molar-refractivity contribution in [2.24, 2.45) is 11.3 Å². The van der Waals surface area contributed by atoms with Gasteiger partial charge in [-0.1, -0.05) is 76.8 Å². The average Bonchev–Trinajstić information content (AvgIpc) is 3.02. The lowest BCUT2D eigenvalue weighted by atomic mass is 9.61. The van der Waals surface area contributed by atoms with Crippen molar-refractivity contribution < 1.29 is 9.59 Å². The number of hydrogen-bond acceptors (Lipinski definition) is 4. The molecule has 6 nitrogen and oxygen atoms in total. The number of piperidine rings is 2. The van der Waals surface area contributed by atoms with Crippen LogP contribution in [-0.4, -0.2) is 66.9 Å². The van der Waals surface area contributed by atoms with E-state index in [0.29, 0.717) is 47.2 Å². The Kier molecular flexibility index (Phi) is 9.34. The van der Waals surface area contributed by atoms with Gasteiger partial charge in [0.05, 0.1) is 22.6 Å². The van der Waals surface area contributed by atoms with Crippen LogP contribution in [0.25, 0.3) is 0 Å². The summed E-state index contributed by atoms with van der Waals surface area (Å²) in [4.78, 5) is 31.3. The summed E-state index contributed by atoms with van der Waals surface area (Å²) >= 11 is 12.7. The van der Waals surface area contributed by atoms with Crippen LogP contribution >= 0.6 is 23.2 Å². The Morgan fingerprint density at radius 2 is 1.73 bits per heavy atom. The minimum atomic E-state index is -0.326. The van der Waals surface area contributed by atoms with Gasteiger partial charge in [0.1, 0.15) is 0 Å². The highest BCUT2D eigenvalue weighted by Crippen LogP contribution is 2.45. The third-order valence-electron chi connectivity index (χ3n) is 9.89. The monoisotopic (exact) mass is 632 g/mol. The molecule has 0 spiro atoms. The van der Waals surface area contributed by atoms with Crippen LogP contribution in [-0.2, 0) is 11.2 Å². The lowest BCUT2D eigenvalue weighted by Crippen LogP contribution is -2.61. The van der Waals surface area contributed by atoms with Gasteiger partial charge >= 0.3 is 0 Å². The molecule has 7 rings (SSSR count). The SMILES string of the molecule is Cc1cc(C)cc(C(=O)N2CCN(C(=O)CNCC3(Cc4ccccc4)CC4CCC3NC4)C(c3ccc(Cl)c(Cl)c3)C2)c1. The molecule has 4 fully saturated rings. The topological polar surface area (TPSA) is 64.7 Å². The second kappa shape index (κ2) is 13.2. The first-order valence-electron chi connectivity index (χ1n) is 15.8. The van der Waals surface area contributed by atoms with Crippen molar-refractivity contribution in [3.8, 4) is 0 Å². The van der Waals surface area contributed by atoms with E-state index in [9.17, 15) is 9.59 Å². The van der Waals surface area contributed by atoms with Crippen molar-refractivity contribution in [2.45, 2.75) is 51.6 Å². The Bertz CT molecular complexity index is 1490. The van der Waals surface area contributed by atoms with Crippen LogP contribution in [0.5, 0.6) is 0 Å². The second-order valence-corrected chi connectivity index (χ2v) is 14.0. The number of nitrogens with zero attached hydrogens (tertiary/aromatic N) is 2. The van der Waals surface area contributed by atoms with E-state index in [2.05, 4.69) is 47.0 Å². The standard InChI is InChI=1S/C36H42Cl2N4O2/c1-24-14-25(2)16-29(15-24)35(44)41-12-13-42(32(22-41)28-9-10-30(37)31(38)17-28)34(43)21-39-23-36(18-26-6-4-3-5-7-26)19-27-8-11-33(36)40-20-27/h3-7,9-10,14-17,27,32-33,39-40H,8,11-13,18-23H2,1-2H3. The second-order valence-electron chi connectivity index (χ2n) is 13.1. The highest BCUT2D eigenvalue weighted by molar-refractivity contribution is 6.42. The molecule has 3 aliphatic heterocycles. The van der Waals surface area contributed by atoms with Crippen LogP contribution in [0.15, 0.2) is 66.7 Å². The molecule has 1 aliphatic carbocycles. The summed E-state index contributed by atoms with van der Waals surface area (Å²) < 4.78 is 0. The van der Waals surface area contributed by atoms with E-state index in [-0.39, 0.29) is 29.8 Å². The number of halogens is 2. The Labute approximate surface area is 271 Å². The summed E-state index contributed by atoms with van der Waals surface area (Å²) in [6.45, 7) is 7.44. The molecule has 232 valence electrons. The summed E-state index contributed by atoms with van der Waals surface area (Å²) in [6.07, 6.45) is 4.63. The van der Waals surface area contributed by atoms with E-state index in [1.807, 2.05) is 47.9 Å². The molecule has 4 atom stereocenters. The van der Waals surface area contributed by atoms with Crippen LogP contribution in [0, 0.1) is 25.2 Å². The Balaban J connectivity index is 1.18. The molecule has 8 heteroatoms. The molecular weight excluding hydrogens is 591 g/mol. The highest BCUT2D eigenvalue weighted by atomic mass is 35.5. The minimum absolute atomic E-state index is 0.0187. The van der Waals surface area contributed by atoms with Gasteiger partial charge in [0.15, 0.2) is 0 Å². The first-order chi connectivity index (χ1) is 21.2. The molecule has 3 saturated heterocycles. The molecule has 3 aromatic rings. The fourth-order valence-corrected chi connectivity index (χ4v) is 8.16. The van der Waals surface area contributed by atoms with Gasteiger partial charge in [-0.15, -0.1) is 0 Å². The number of aryl methyl sites for hydroxylation is 2. The van der Waals surface area contributed by atoms with Gasteiger partial charge < -0.3 is 20.4 Å². The molecule has 4 unspecified atom stereocenters. The number of rotatable bonds is 8. The maximum Gasteiger partial charge on any atom is 0.254 e. The molecule has 4 aliphatic rings. The third-order valence-corrected chi connectivity index (χ3v) is 10.6. The van der Waals surface area contributed by atoms with Gasteiger partial charge in [-0.25, -0.2) is 0 Å². The van der Waals surface area contributed by atoms with Crippen molar-refractivity contribution in [3.63, 3.8) is 0 Å². The van der Waals surface area contributed by atoms with Crippen LogP contribution in [0.1, 0.15) is 57.9 Å². The molecule has 2 amide bonds. The van der Waals surface area contributed by atoms with Crippen LogP contribution in [0.4, 0.5) is 0 Å². The predicted octanol–water partition coefficient (Wildman–Crippen LogP) is 6.23. The van der Waals surface area contributed by atoms with Crippen molar-refractivity contribution >= 4 is 35.0 Å². The molecule has 0 radical (unpaired) electrons. The first kappa shape index (κ1) is 31.1. The molecule has 2 N–H and O–H groups in total. The van der Waals surface area contributed by atoms with Crippen molar-refractivity contribution in [3.05, 3.63) is 105 Å². The fraction of sp³-hybridized carbons (Fsp3) is 0.444. The summed E-state index contributed by atoms with van der Waals surface area (Å²) in [6, 6.07) is 22.3. The zero-order chi connectivity index (χ0) is 30.8. The van der Waals surface area contributed by atoms with Crippen LogP contribution < -0.4 is 10.6 Å². The van der Waals surface area contributed by atoms with Crippen molar-refractivity contribution in [2.75, 3.05) is 39.3 Å². The first-order valence-corrected chi connectivity index (χ1v) is 16.6. The lowest BCUT2D eigenvalue weighted by molar-refractivity contribution is -0.135. The van der Waals surface area contributed by atoms with E-state index in [0.717, 1.165) is 36.2 Å². The van der Waals surface area contributed by atoms with E-state index in [1.165, 1.54) is 24.8 Å². The largest absolute Gasteiger partial charge is 0.334 e. The summed E-state index contributed by atoms with van der Waals surface area (Å²) in [5, 5.41) is 8.32. The van der Waals surface area contributed by atoms with Crippen molar-refractivity contribution in [1.82, 2.24) is 20.4 Å². The fourth-order valence-electron chi connectivity index (χ4n) is 7.86. The smallest absolute Gasteiger partial charge is 0.254 e. The third kappa shape index (κ3) is 6.69. The molecule has 2 bridgehead atoms. The molecule has 1 saturated carbocycles. The Hall–Kier alpha value is -2.90. The normalized spacial score (nSPS) is 24.9. The number of piperazine rings is 1.